The third-order valence-electron chi connectivity index (χ3n) is 0.129. The van der Waals surface area contributed by atoms with Crippen LogP contribution in [0.4, 0.5) is 0 Å². The van der Waals surface area contributed by atoms with E-state index in [0.717, 1.165) is 0 Å². The Balaban J connectivity index is 3.26. The van der Waals surface area contributed by atoms with E-state index in [-0.39, 0.29) is 3.71 Å². The van der Waals surface area contributed by atoms with Gasteiger partial charge < -0.3 is 0 Å². The van der Waals surface area contributed by atoms with Crippen molar-refractivity contribution in [2.24, 2.45) is 0 Å². The van der Waals surface area contributed by atoms with E-state index >= 15 is 0 Å². The van der Waals surface area contributed by atoms with Crippen molar-refractivity contribution in [1.82, 2.24) is 3.71 Å². The number of hydrogen-bond acceptors (Lipinski definition) is 1. The van der Waals surface area contributed by atoms with Crippen molar-refractivity contribution in [2.75, 3.05) is 0 Å². The summed E-state index contributed by atoms with van der Waals surface area (Å²) >= 11 is 9.36. The Morgan fingerprint density at radius 1 is 1.67 bits per heavy atom. The molecule has 1 unspecified atom stereocenters. The highest BCUT2D eigenvalue weighted by atomic mass is 35.5. The summed E-state index contributed by atoms with van der Waals surface area (Å²) in [6.07, 6.45) is 0. The first-order valence-corrected chi connectivity index (χ1v) is 2.76. The fourth-order valence-corrected chi connectivity index (χ4v) is 0. The molecular weight excluding hydrogens is 148 g/mol. The first-order chi connectivity index (χ1) is 2.64. The van der Waals surface area contributed by atoms with Crippen LogP contribution in [-0.4, -0.2) is 8.60 Å². The van der Waals surface area contributed by atoms with Crippen molar-refractivity contribution in [1.29, 1.82) is 0 Å². The van der Waals surface area contributed by atoms with Gasteiger partial charge in [0.05, 0.1) is 23.6 Å². The van der Waals surface area contributed by atoms with Gasteiger partial charge in [-0.05, 0) is 4.57 Å². The summed E-state index contributed by atoms with van der Waals surface area (Å²) in [6, 6.07) is 0. The second-order valence-corrected chi connectivity index (χ2v) is 2.69. The molecule has 0 saturated heterocycles. The van der Waals surface area contributed by atoms with E-state index in [1.165, 1.54) is 0 Å². The van der Waals surface area contributed by atoms with Crippen LogP contribution in [0.15, 0.2) is 0 Å². The first-order valence-electron chi connectivity index (χ1n) is 0.921. The smallest absolute Gasteiger partial charge is 0.142 e. The van der Waals surface area contributed by atoms with Gasteiger partial charge >= 0.3 is 8.18 Å². The second-order valence-electron chi connectivity index (χ2n) is 0.468. The van der Waals surface area contributed by atoms with Crippen molar-refractivity contribution < 1.29 is 9.46 Å². The molecule has 0 aliphatic heterocycles. The van der Waals surface area contributed by atoms with Gasteiger partial charge in [0, 0.05) is 0 Å². The van der Waals surface area contributed by atoms with Crippen LogP contribution in [0.5, 0.6) is 0 Å². The van der Waals surface area contributed by atoms with Crippen LogP contribution in [0, 0.1) is 0 Å². The SMILES string of the molecule is O=[P+](O)N(Cl)Cl. The normalized spacial score (nSPS) is 12.3. The predicted octanol–water partition coefficient (Wildman–Crippen LogP) is 1.25. The summed E-state index contributed by atoms with van der Waals surface area (Å²) in [4.78, 5) is 7.80. The Bertz CT molecular complexity index is 62.6. The number of rotatable bonds is 1. The minimum atomic E-state index is -2.55. The molecule has 1 atom stereocenters. The highest BCUT2D eigenvalue weighted by Crippen LogP contribution is 2.25. The summed E-state index contributed by atoms with van der Waals surface area (Å²) in [5, 5.41) is 0. The van der Waals surface area contributed by atoms with Gasteiger partial charge in [-0.3, -0.25) is 0 Å². The van der Waals surface area contributed by atoms with Crippen LogP contribution >= 0.6 is 31.7 Å². The third-order valence-corrected chi connectivity index (χ3v) is 1.16. The predicted molar refractivity (Wildman–Crippen MR) is 23.4 cm³/mol. The zero-order valence-corrected chi connectivity index (χ0v) is 4.91. The van der Waals surface area contributed by atoms with Crippen LogP contribution in [0.3, 0.4) is 0 Å². The number of halogens is 2. The topological polar surface area (TPSA) is 40.5 Å². The molecule has 6 heteroatoms. The van der Waals surface area contributed by atoms with Gasteiger partial charge in [-0.2, -0.15) is 0 Å². The molecule has 3 nitrogen and oxygen atoms in total. The summed E-state index contributed by atoms with van der Waals surface area (Å²) < 4.78 is 9.69. The fraction of sp³-hybridized carbons (Fsp3) is 0. The van der Waals surface area contributed by atoms with Crippen LogP contribution in [0.1, 0.15) is 0 Å². The van der Waals surface area contributed by atoms with E-state index in [9.17, 15) is 4.57 Å². The Morgan fingerprint density at radius 3 is 1.83 bits per heavy atom. The van der Waals surface area contributed by atoms with Gasteiger partial charge in [0.2, 0.25) is 0 Å². The molecule has 0 aliphatic rings. The maximum absolute atomic E-state index is 9.51. The van der Waals surface area contributed by atoms with Crippen molar-refractivity contribution in [3.8, 4) is 0 Å². The summed E-state index contributed by atoms with van der Waals surface area (Å²) in [6.45, 7) is 0. The van der Waals surface area contributed by atoms with E-state index in [1.807, 2.05) is 0 Å². The van der Waals surface area contributed by atoms with Gasteiger partial charge in [0.1, 0.15) is 3.71 Å². The van der Waals surface area contributed by atoms with Crippen LogP contribution in [0.25, 0.3) is 0 Å². The Morgan fingerprint density at radius 2 is 1.83 bits per heavy atom. The molecule has 0 aromatic carbocycles. The standard InChI is InChI=1S/Cl2NO2P/c1-3(2)6(4)5/p+1. The Kier molecular flexibility index (Phi) is 2.99. The van der Waals surface area contributed by atoms with Crippen molar-refractivity contribution in [3.63, 3.8) is 0 Å². The highest BCUT2D eigenvalue weighted by Gasteiger charge is 2.19. The molecule has 6 heavy (non-hydrogen) atoms. The first kappa shape index (κ1) is 6.60. The molecule has 0 rings (SSSR count). The zero-order chi connectivity index (χ0) is 5.15. The van der Waals surface area contributed by atoms with Gasteiger partial charge in [-0.15, -0.1) is 4.89 Å². The average Bonchev–Trinajstić information content (AvgIpc) is 1.36. The largest absolute Gasteiger partial charge is 0.645 e. The Hall–Kier alpha value is 0.600. The van der Waals surface area contributed by atoms with Crippen molar-refractivity contribution >= 4 is 31.7 Å². The number of nitrogens with zero attached hydrogens (tertiary/aromatic N) is 1. The lowest BCUT2D eigenvalue weighted by molar-refractivity contribution is 0.486. The van der Waals surface area contributed by atoms with E-state index in [2.05, 4.69) is 23.6 Å². The molecule has 0 aromatic rings. The van der Waals surface area contributed by atoms with E-state index < -0.39 is 8.18 Å². The van der Waals surface area contributed by atoms with Gasteiger partial charge in [0.25, 0.3) is 0 Å². The van der Waals surface area contributed by atoms with Gasteiger partial charge in [0.15, 0.2) is 0 Å². The van der Waals surface area contributed by atoms with E-state index in [0.29, 0.717) is 0 Å². The van der Waals surface area contributed by atoms with Crippen molar-refractivity contribution in [2.45, 2.75) is 0 Å². The maximum atomic E-state index is 9.51. The van der Waals surface area contributed by atoms with Gasteiger partial charge in [-0.25, -0.2) is 0 Å². The summed E-state index contributed by atoms with van der Waals surface area (Å²) in [5.41, 5.74) is 0. The highest BCUT2D eigenvalue weighted by molar-refractivity contribution is 7.38. The van der Waals surface area contributed by atoms with Crippen molar-refractivity contribution in [3.05, 3.63) is 0 Å². The molecule has 0 spiro atoms. The molecular formula is HCl2NO2P+. The quantitative estimate of drug-likeness (QED) is 0.450. The molecule has 0 bridgehead atoms. The minimum absolute atomic E-state index is 0.176. The molecule has 0 heterocycles. The molecule has 0 saturated carbocycles. The van der Waals surface area contributed by atoms with E-state index in [1.54, 1.807) is 0 Å². The molecule has 1 N–H and O–H groups in total. The summed E-state index contributed by atoms with van der Waals surface area (Å²) in [5.74, 6) is 0. The van der Waals surface area contributed by atoms with Crippen LogP contribution in [0.2, 0.25) is 0 Å². The summed E-state index contributed by atoms with van der Waals surface area (Å²) in [7, 11) is -2.55. The lowest BCUT2D eigenvalue weighted by Crippen LogP contribution is -1.75. The third kappa shape index (κ3) is 2.82. The minimum Gasteiger partial charge on any atom is -0.142 e. The van der Waals surface area contributed by atoms with Gasteiger partial charge in [-0.1, -0.05) is 0 Å². The van der Waals surface area contributed by atoms with Crippen LogP contribution < -0.4 is 0 Å². The number of hydrogen-bond donors (Lipinski definition) is 1. The monoisotopic (exact) mass is 148 g/mol. The molecule has 0 radical (unpaired) electrons. The molecule has 0 amide bonds. The molecule has 0 fully saturated rings. The lowest BCUT2D eigenvalue weighted by atomic mass is 13.9. The zero-order valence-electron chi connectivity index (χ0n) is 2.51. The second kappa shape index (κ2) is 2.72. The lowest BCUT2D eigenvalue weighted by Gasteiger charge is -1.71. The molecule has 0 aliphatic carbocycles. The fourth-order valence-electron chi connectivity index (χ4n) is 0. The molecule has 36 valence electrons. The average molecular weight is 149 g/mol. The van der Waals surface area contributed by atoms with E-state index in [4.69, 9.17) is 4.89 Å². The Labute approximate surface area is 45.6 Å². The maximum Gasteiger partial charge on any atom is 0.645 e. The van der Waals surface area contributed by atoms with Crippen LogP contribution in [-0.2, 0) is 4.57 Å². The molecule has 0 aromatic heterocycles.